The summed E-state index contributed by atoms with van der Waals surface area (Å²) in [7, 11) is 2.81. The van der Waals surface area contributed by atoms with Crippen LogP contribution in [-0.4, -0.2) is 42.9 Å². The molecular weight excluding hydrogens is 555 g/mol. The summed E-state index contributed by atoms with van der Waals surface area (Å²) >= 11 is 3.47. The monoisotopic (exact) mass is 582 g/mol. The van der Waals surface area contributed by atoms with Crippen molar-refractivity contribution in [2.75, 3.05) is 14.2 Å². The van der Waals surface area contributed by atoms with E-state index in [1.54, 1.807) is 18.2 Å². The van der Waals surface area contributed by atoms with E-state index in [1.165, 1.54) is 43.4 Å². The molecule has 3 atom stereocenters. The summed E-state index contributed by atoms with van der Waals surface area (Å²) in [5.41, 5.74) is 2.82. The minimum Gasteiger partial charge on any atom is -0.496 e. The summed E-state index contributed by atoms with van der Waals surface area (Å²) in [6, 6.07) is 16.3. The molecule has 2 amide bonds. The first kappa shape index (κ1) is 27.3. The minimum absolute atomic E-state index is 0.0631. The topological polar surface area (TPSA) is 84.9 Å². The van der Waals surface area contributed by atoms with Gasteiger partial charge in [0.05, 0.1) is 30.7 Å². The zero-order valence-electron chi connectivity index (χ0n) is 21.2. The van der Waals surface area contributed by atoms with Gasteiger partial charge in [-0.2, -0.15) is 0 Å². The van der Waals surface area contributed by atoms with Gasteiger partial charge < -0.3 is 19.7 Å². The van der Waals surface area contributed by atoms with E-state index < -0.39 is 41.6 Å². The fourth-order valence-electron chi connectivity index (χ4n) is 4.76. The van der Waals surface area contributed by atoms with Crippen LogP contribution in [0.3, 0.4) is 0 Å². The number of amides is 2. The normalized spacial score (nSPS) is 18.7. The molecule has 0 bridgehead atoms. The van der Waals surface area contributed by atoms with Gasteiger partial charge in [-0.1, -0.05) is 35.9 Å². The van der Waals surface area contributed by atoms with Crippen LogP contribution in [0.2, 0.25) is 0 Å². The van der Waals surface area contributed by atoms with E-state index in [4.69, 9.17) is 9.47 Å². The molecule has 7 nitrogen and oxygen atoms in total. The Kier molecular flexibility index (Phi) is 8.46. The molecule has 1 aliphatic heterocycles. The number of rotatable bonds is 7. The van der Waals surface area contributed by atoms with Crippen molar-refractivity contribution in [2.24, 2.45) is 5.92 Å². The summed E-state index contributed by atoms with van der Waals surface area (Å²) in [6.07, 6.45) is 0.0631. The summed E-state index contributed by atoms with van der Waals surface area (Å²) in [6.45, 7) is 2.24. The predicted octanol–water partition coefficient (Wildman–Crippen LogP) is 4.97. The van der Waals surface area contributed by atoms with Gasteiger partial charge in [-0.05, 0) is 76.8 Å². The van der Waals surface area contributed by atoms with Crippen molar-refractivity contribution in [2.45, 2.75) is 32.0 Å². The van der Waals surface area contributed by atoms with Crippen LogP contribution in [0.4, 0.5) is 4.39 Å². The minimum atomic E-state index is -0.965. The molecule has 0 saturated carbocycles. The van der Waals surface area contributed by atoms with Gasteiger partial charge in [-0.25, -0.2) is 4.39 Å². The molecule has 3 unspecified atom stereocenters. The first-order chi connectivity index (χ1) is 18.2. The number of hydrogen-bond acceptors (Lipinski definition) is 5. The number of benzene rings is 3. The number of nitrogens with one attached hydrogen (secondary N) is 1. The number of halogens is 2. The number of nitrogens with zero attached hydrogens (tertiary/aromatic N) is 1. The lowest BCUT2D eigenvalue weighted by Gasteiger charge is -2.31. The molecule has 3 aromatic carbocycles. The van der Waals surface area contributed by atoms with E-state index in [2.05, 4.69) is 21.2 Å². The molecule has 3 aromatic rings. The fourth-order valence-corrected chi connectivity index (χ4v) is 5.32. The van der Waals surface area contributed by atoms with Gasteiger partial charge in [0.25, 0.3) is 5.91 Å². The van der Waals surface area contributed by atoms with Crippen LogP contribution >= 0.6 is 15.9 Å². The van der Waals surface area contributed by atoms with Crippen molar-refractivity contribution in [3.8, 4) is 5.75 Å². The molecule has 0 aliphatic carbocycles. The molecule has 0 spiro atoms. The Morgan fingerprint density at radius 1 is 1.03 bits per heavy atom. The molecule has 4 rings (SSSR count). The lowest BCUT2D eigenvalue weighted by molar-refractivity contribution is -0.146. The maximum atomic E-state index is 13.9. The molecule has 9 heteroatoms. The van der Waals surface area contributed by atoms with Crippen LogP contribution in [0.1, 0.15) is 39.5 Å². The Bertz CT molecular complexity index is 1330. The van der Waals surface area contributed by atoms with Gasteiger partial charge in [0, 0.05) is 12.1 Å². The average Bonchev–Trinajstić information content (AvgIpc) is 3.33. The molecule has 198 valence electrons. The lowest BCUT2D eigenvalue weighted by atomic mass is 9.92. The van der Waals surface area contributed by atoms with Gasteiger partial charge >= 0.3 is 5.97 Å². The molecule has 0 radical (unpaired) electrons. The number of likely N-dealkylation sites (tertiary alicyclic amines) is 1. The van der Waals surface area contributed by atoms with Crippen LogP contribution in [0.15, 0.2) is 71.2 Å². The second-order valence-corrected chi connectivity index (χ2v) is 10.00. The Labute approximate surface area is 229 Å². The van der Waals surface area contributed by atoms with Crippen LogP contribution in [0.25, 0.3) is 0 Å². The predicted molar refractivity (Wildman–Crippen MR) is 143 cm³/mol. The number of ether oxygens (including phenoxy) is 2. The van der Waals surface area contributed by atoms with Crippen molar-refractivity contribution >= 4 is 33.7 Å². The molecule has 0 aromatic heterocycles. The molecule has 1 saturated heterocycles. The van der Waals surface area contributed by atoms with Crippen LogP contribution in [0, 0.1) is 18.7 Å². The highest BCUT2D eigenvalue weighted by Gasteiger charge is 2.51. The molecule has 38 heavy (non-hydrogen) atoms. The second-order valence-electron chi connectivity index (χ2n) is 9.14. The Morgan fingerprint density at radius 3 is 2.32 bits per heavy atom. The van der Waals surface area contributed by atoms with Gasteiger partial charge in [-0.3, -0.25) is 14.4 Å². The highest BCUT2D eigenvalue weighted by Crippen LogP contribution is 2.44. The summed E-state index contributed by atoms with van der Waals surface area (Å²) in [5, 5.41) is 2.91. The summed E-state index contributed by atoms with van der Waals surface area (Å²) < 4.78 is 24.7. The molecule has 1 N–H and O–H groups in total. The van der Waals surface area contributed by atoms with Gasteiger partial charge in [0.15, 0.2) is 0 Å². The number of aryl methyl sites for hydroxylation is 1. The summed E-state index contributed by atoms with van der Waals surface area (Å²) in [5.74, 6) is -2.15. The van der Waals surface area contributed by atoms with Crippen molar-refractivity contribution < 1.29 is 28.2 Å². The SMILES string of the molecule is COC(=O)C1CC(C(=O)NCc2ccc(C)cc2)N(C(=O)c2ccc(F)cc2)C1c1ccc(OC)c(Br)c1. The maximum Gasteiger partial charge on any atom is 0.311 e. The van der Waals surface area contributed by atoms with Crippen molar-refractivity contribution in [1.82, 2.24) is 10.2 Å². The number of hydrogen-bond donors (Lipinski definition) is 1. The zero-order chi connectivity index (χ0) is 27.4. The zero-order valence-corrected chi connectivity index (χ0v) is 22.8. The third-order valence-electron chi connectivity index (χ3n) is 6.73. The van der Waals surface area contributed by atoms with Crippen LogP contribution in [-0.2, 0) is 20.9 Å². The first-order valence-corrected chi connectivity index (χ1v) is 12.9. The largest absolute Gasteiger partial charge is 0.496 e. The van der Waals surface area contributed by atoms with Crippen molar-refractivity contribution in [3.05, 3.63) is 99.3 Å². The van der Waals surface area contributed by atoms with Gasteiger partial charge in [-0.15, -0.1) is 0 Å². The van der Waals surface area contributed by atoms with E-state index in [-0.39, 0.29) is 18.5 Å². The van der Waals surface area contributed by atoms with Gasteiger partial charge in [0.1, 0.15) is 17.6 Å². The quantitative estimate of drug-likeness (QED) is 0.398. The van der Waals surface area contributed by atoms with E-state index in [0.717, 1.165) is 11.1 Å². The van der Waals surface area contributed by atoms with Crippen LogP contribution < -0.4 is 10.1 Å². The first-order valence-electron chi connectivity index (χ1n) is 12.1. The number of carbonyl (C=O) groups is 3. The van der Waals surface area contributed by atoms with E-state index in [9.17, 15) is 18.8 Å². The van der Waals surface area contributed by atoms with Crippen LogP contribution in [0.5, 0.6) is 5.75 Å². The molecule has 1 fully saturated rings. The molecular formula is C29H28BrFN2O5. The molecule has 1 heterocycles. The Balaban J connectivity index is 1.74. The number of carbonyl (C=O) groups excluding carboxylic acids is 3. The Hall–Kier alpha value is -3.72. The highest BCUT2D eigenvalue weighted by molar-refractivity contribution is 9.10. The van der Waals surface area contributed by atoms with Crippen molar-refractivity contribution in [3.63, 3.8) is 0 Å². The van der Waals surface area contributed by atoms with E-state index in [1.807, 2.05) is 31.2 Å². The number of methoxy groups -OCH3 is 2. The average molecular weight is 583 g/mol. The molecule has 1 aliphatic rings. The smallest absolute Gasteiger partial charge is 0.311 e. The van der Waals surface area contributed by atoms with E-state index >= 15 is 0 Å². The van der Waals surface area contributed by atoms with Crippen molar-refractivity contribution in [1.29, 1.82) is 0 Å². The fraction of sp³-hybridized carbons (Fsp3) is 0.276. The van der Waals surface area contributed by atoms with E-state index in [0.29, 0.717) is 15.8 Å². The maximum absolute atomic E-state index is 13.9. The lowest BCUT2D eigenvalue weighted by Crippen LogP contribution is -2.46. The summed E-state index contributed by atoms with van der Waals surface area (Å²) in [4.78, 5) is 41.8. The standard InChI is InChI=1S/C29H28BrFN2O5/c1-17-4-6-18(7-5-17)16-32-27(34)24-15-22(29(36)38-3)26(20-10-13-25(37-2)23(30)14-20)33(24)28(35)19-8-11-21(31)12-9-19/h4-14,22,24,26H,15-16H2,1-3H3,(H,32,34). The third-order valence-corrected chi connectivity index (χ3v) is 7.35. The third kappa shape index (κ3) is 5.72. The van der Waals surface area contributed by atoms with Gasteiger partial charge in [0.2, 0.25) is 5.91 Å². The highest BCUT2D eigenvalue weighted by atomic mass is 79.9. The number of esters is 1. The second kappa shape index (κ2) is 11.8. The Morgan fingerprint density at radius 2 is 1.71 bits per heavy atom.